The number of pyridine rings is 1. The normalized spacial score (nSPS) is 11.4. The Kier molecular flexibility index (Phi) is 3.92. The number of nitrogens with zero attached hydrogens (tertiary/aromatic N) is 2. The van der Waals surface area contributed by atoms with E-state index in [0.717, 1.165) is 22.0 Å². The first-order valence-electron chi connectivity index (χ1n) is 6.98. The van der Waals surface area contributed by atoms with Gasteiger partial charge < -0.3 is 0 Å². The first-order chi connectivity index (χ1) is 10.8. The lowest BCUT2D eigenvalue weighted by Gasteiger charge is -2.06. The van der Waals surface area contributed by atoms with Gasteiger partial charge in [-0.2, -0.15) is 5.10 Å². The topological polar surface area (TPSA) is 54.4 Å². The Labute approximate surface area is 128 Å². The molecule has 0 radical (unpaired) electrons. The number of carbonyl (C=O) groups excluding carboxylic acids is 1. The highest BCUT2D eigenvalue weighted by atomic mass is 16.2. The van der Waals surface area contributed by atoms with Crippen LogP contribution in [0.3, 0.4) is 0 Å². The Morgan fingerprint density at radius 1 is 1.05 bits per heavy atom. The number of amides is 1. The van der Waals surface area contributed by atoms with E-state index in [4.69, 9.17) is 0 Å². The van der Waals surface area contributed by atoms with Crippen LogP contribution in [-0.2, 0) is 0 Å². The van der Waals surface area contributed by atoms with Crippen molar-refractivity contribution in [3.63, 3.8) is 0 Å². The summed E-state index contributed by atoms with van der Waals surface area (Å²) in [6, 6.07) is 17.6. The van der Waals surface area contributed by atoms with Crippen LogP contribution in [0.2, 0.25) is 0 Å². The van der Waals surface area contributed by atoms with Crippen molar-refractivity contribution in [3.05, 3.63) is 78.1 Å². The second-order valence-electron chi connectivity index (χ2n) is 4.91. The van der Waals surface area contributed by atoms with Gasteiger partial charge in [0.1, 0.15) is 0 Å². The molecule has 108 valence electrons. The Bertz CT molecular complexity index is 836. The fourth-order valence-electron chi connectivity index (χ4n) is 2.30. The molecule has 0 atom stereocenters. The van der Waals surface area contributed by atoms with E-state index in [1.807, 2.05) is 37.3 Å². The molecular weight excluding hydrogens is 274 g/mol. The van der Waals surface area contributed by atoms with Gasteiger partial charge in [0.2, 0.25) is 0 Å². The summed E-state index contributed by atoms with van der Waals surface area (Å²) >= 11 is 0. The standard InChI is InChI=1S/C18H15N3O/c1-13(20-21-18(22)15-8-5-11-19-12-15)16-10-4-7-14-6-2-3-9-17(14)16/h2-12H,1H3,(H,21,22)/b20-13+. The number of nitrogens with one attached hydrogen (secondary N) is 1. The highest BCUT2D eigenvalue weighted by Gasteiger charge is 2.06. The van der Waals surface area contributed by atoms with Crippen molar-refractivity contribution in [2.45, 2.75) is 6.92 Å². The molecule has 0 aliphatic carbocycles. The molecule has 22 heavy (non-hydrogen) atoms. The third kappa shape index (κ3) is 2.86. The smallest absolute Gasteiger partial charge is 0.267 e. The lowest BCUT2D eigenvalue weighted by atomic mass is 10.0. The predicted molar refractivity (Wildman–Crippen MR) is 87.9 cm³/mol. The fraction of sp³-hybridized carbons (Fsp3) is 0.0556. The Morgan fingerprint density at radius 3 is 2.68 bits per heavy atom. The van der Waals surface area contributed by atoms with Crippen LogP contribution in [0.5, 0.6) is 0 Å². The molecule has 1 aromatic heterocycles. The van der Waals surface area contributed by atoms with Gasteiger partial charge in [-0.3, -0.25) is 9.78 Å². The SMILES string of the molecule is C/C(=N\NC(=O)c1cccnc1)c1cccc2ccccc12. The summed E-state index contributed by atoms with van der Waals surface area (Å²) in [5.41, 5.74) is 4.82. The van der Waals surface area contributed by atoms with Crippen LogP contribution >= 0.6 is 0 Å². The number of hydrogen-bond donors (Lipinski definition) is 1. The van der Waals surface area contributed by atoms with Gasteiger partial charge in [-0.1, -0.05) is 42.5 Å². The average Bonchev–Trinajstić information content (AvgIpc) is 2.59. The van der Waals surface area contributed by atoms with E-state index in [-0.39, 0.29) is 5.91 Å². The van der Waals surface area contributed by atoms with Crippen molar-refractivity contribution in [1.82, 2.24) is 10.4 Å². The van der Waals surface area contributed by atoms with Crippen molar-refractivity contribution >= 4 is 22.4 Å². The highest BCUT2D eigenvalue weighted by Crippen LogP contribution is 2.19. The molecule has 1 heterocycles. The second-order valence-corrected chi connectivity index (χ2v) is 4.91. The average molecular weight is 289 g/mol. The number of hydrazone groups is 1. The summed E-state index contributed by atoms with van der Waals surface area (Å²) in [5, 5.41) is 6.47. The van der Waals surface area contributed by atoms with Gasteiger partial charge in [-0.25, -0.2) is 5.43 Å². The van der Waals surface area contributed by atoms with Crippen LogP contribution in [0.4, 0.5) is 0 Å². The minimum Gasteiger partial charge on any atom is -0.267 e. The van der Waals surface area contributed by atoms with Crippen LogP contribution in [0, 0.1) is 0 Å². The summed E-state index contributed by atoms with van der Waals surface area (Å²) in [5.74, 6) is -0.271. The van der Waals surface area contributed by atoms with Crippen LogP contribution in [0.1, 0.15) is 22.8 Å². The van der Waals surface area contributed by atoms with E-state index in [1.54, 1.807) is 18.3 Å². The minimum absolute atomic E-state index is 0.271. The summed E-state index contributed by atoms with van der Waals surface area (Å²) in [4.78, 5) is 15.9. The molecule has 3 aromatic rings. The molecule has 4 nitrogen and oxygen atoms in total. The van der Waals surface area contributed by atoms with E-state index < -0.39 is 0 Å². The summed E-state index contributed by atoms with van der Waals surface area (Å²) < 4.78 is 0. The van der Waals surface area contributed by atoms with E-state index in [0.29, 0.717) is 5.56 Å². The lowest BCUT2D eigenvalue weighted by Crippen LogP contribution is -2.19. The molecule has 0 fully saturated rings. The molecule has 0 unspecified atom stereocenters. The maximum atomic E-state index is 12.0. The molecule has 4 heteroatoms. The van der Waals surface area contributed by atoms with E-state index in [1.165, 1.54) is 6.20 Å². The van der Waals surface area contributed by atoms with Crippen LogP contribution < -0.4 is 5.43 Å². The van der Waals surface area contributed by atoms with Gasteiger partial charge in [0.05, 0.1) is 11.3 Å². The van der Waals surface area contributed by atoms with Gasteiger partial charge in [-0.15, -0.1) is 0 Å². The molecule has 0 saturated carbocycles. The number of fused-ring (bicyclic) bond motifs is 1. The number of rotatable bonds is 3. The fourth-order valence-corrected chi connectivity index (χ4v) is 2.30. The molecule has 0 aliphatic rings. The summed E-state index contributed by atoms with van der Waals surface area (Å²) in [6.45, 7) is 1.88. The first kappa shape index (κ1) is 13.9. The maximum Gasteiger partial charge on any atom is 0.272 e. The second kappa shape index (κ2) is 6.18. The van der Waals surface area contributed by atoms with Crippen molar-refractivity contribution < 1.29 is 4.79 Å². The third-order valence-electron chi connectivity index (χ3n) is 3.43. The monoisotopic (exact) mass is 289 g/mol. The molecule has 0 aliphatic heterocycles. The third-order valence-corrected chi connectivity index (χ3v) is 3.43. The molecule has 2 aromatic carbocycles. The van der Waals surface area contributed by atoms with Gasteiger partial charge in [-0.05, 0) is 29.8 Å². The largest absolute Gasteiger partial charge is 0.272 e. The minimum atomic E-state index is -0.271. The van der Waals surface area contributed by atoms with Gasteiger partial charge in [0.15, 0.2) is 0 Å². The van der Waals surface area contributed by atoms with Gasteiger partial charge in [0, 0.05) is 18.0 Å². The van der Waals surface area contributed by atoms with Crippen molar-refractivity contribution in [2.24, 2.45) is 5.10 Å². The van der Waals surface area contributed by atoms with Crippen LogP contribution in [0.25, 0.3) is 10.8 Å². The zero-order valence-electron chi connectivity index (χ0n) is 12.2. The Morgan fingerprint density at radius 2 is 1.86 bits per heavy atom. The summed E-state index contributed by atoms with van der Waals surface area (Å²) in [7, 11) is 0. The van der Waals surface area contributed by atoms with Crippen LogP contribution in [-0.4, -0.2) is 16.6 Å². The molecule has 3 rings (SSSR count). The molecule has 1 amide bonds. The zero-order chi connectivity index (χ0) is 15.4. The Balaban J connectivity index is 1.86. The predicted octanol–water partition coefficient (Wildman–Crippen LogP) is 3.39. The molecule has 0 saturated heterocycles. The van der Waals surface area contributed by atoms with Gasteiger partial charge >= 0.3 is 0 Å². The quantitative estimate of drug-likeness (QED) is 0.593. The van der Waals surface area contributed by atoms with Crippen molar-refractivity contribution in [1.29, 1.82) is 0 Å². The highest BCUT2D eigenvalue weighted by molar-refractivity contribution is 6.10. The van der Waals surface area contributed by atoms with Crippen molar-refractivity contribution in [2.75, 3.05) is 0 Å². The molecular formula is C18H15N3O. The molecule has 0 spiro atoms. The number of benzene rings is 2. The number of hydrogen-bond acceptors (Lipinski definition) is 3. The van der Waals surface area contributed by atoms with Crippen molar-refractivity contribution in [3.8, 4) is 0 Å². The van der Waals surface area contributed by atoms with E-state index in [2.05, 4.69) is 27.6 Å². The zero-order valence-corrected chi connectivity index (χ0v) is 12.2. The van der Waals surface area contributed by atoms with E-state index in [9.17, 15) is 4.79 Å². The molecule has 1 N–H and O–H groups in total. The Hall–Kier alpha value is -3.01. The maximum absolute atomic E-state index is 12.0. The lowest BCUT2D eigenvalue weighted by molar-refractivity contribution is 0.0954. The van der Waals surface area contributed by atoms with Crippen LogP contribution in [0.15, 0.2) is 72.1 Å². The van der Waals surface area contributed by atoms with Gasteiger partial charge in [0.25, 0.3) is 5.91 Å². The number of aromatic nitrogens is 1. The molecule has 0 bridgehead atoms. The first-order valence-corrected chi connectivity index (χ1v) is 6.98. The van der Waals surface area contributed by atoms with E-state index >= 15 is 0 Å². The number of carbonyl (C=O) groups is 1. The summed E-state index contributed by atoms with van der Waals surface area (Å²) in [6.07, 6.45) is 3.14.